The Kier molecular flexibility index (Phi) is 11.4. The van der Waals surface area contributed by atoms with Crippen LogP contribution in [0.2, 0.25) is 0 Å². The number of carbonyl (C=O) groups is 1. The summed E-state index contributed by atoms with van der Waals surface area (Å²) in [6.07, 6.45) is 1.15. The van der Waals surface area contributed by atoms with Gasteiger partial charge in [-0.05, 0) is 13.0 Å². The van der Waals surface area contributed by atoms with Crippen LogP contribution in [0.3, 0.4) is 0 Å². The number of likely N-dealkylation sites (N-methyl/N-ethyl adjacent to an activating group) is 1. The van der Waals surface area contributed by atoms with Gasteiger partial charge in [-0.3, -0.25) is 4.79 Å². The summed E-state index contributed by atoms with van der Waals surface area (Å²) in [5.74, 6) is 0.0619. The second-order valence-electron chi connectivity index (χ2n) is 3.92. The van der Waals surface area contributed by atoms with Crippen molar-refractivity contribution >= 4 is 5.91 Å². The molecule has 0 spiro atoms. The molecule has 5 nitrogen and oxygen atoms in total. The minimum atomic E-state index is 0.0619. The lowest BCUT2D eigenvalue weighted by molar-refractivity contribution is -0.128. The quantitative estimate of drug-likeness (QED) is 0.539. The van der Waals surface area contributed by atoms with E-state index in [2.05, 4.69) is 12.2 Å². The van der Waals surface area contributed by atoms with E-state index in [9.17, 15) is 4.79 Å². The Bertz CT molecular complexity index is 189. The van der Waals surface area contributed by atoms with Gasteiger partial charge >= 0.3 is 0 Å². The maximum atomic E-state index is 10.9. The second-order valence-corrected chi connectivity index (χ2v) is 3.92. The molecule has 5 heteroatoms. The van der Waals surface area contributed by atoms with Gasteiger partial charge in [-0.15, -0.1) is 0 Å². The number of rotatable bonds is 11. The summed E-state index contributed by atoms with van der Waals surface area (Å²) in [6.45, 7) is 8.72. The smallest absolute Gasteiger partial charge is 0.219 e. The van der Waals surface area contributed by atoms with Crippen molar-refractivity contribution in [2.45, 2.75) is 20.3 Å². The molecule has 0 atom stereocenters. The first-order valence-corrected chi connectivity index (χ1v) is 6.26. The molecule has 0 fully saturated rings. The molecule has 0 heterocycles. The van der Waals surface area contributed by atoms with E-state index in [0.29, 0.717) is 26.4 Å². The van der Waals surface area contributed by atoms with E-state index in [0.717, 1.165) is 26.1 Å². The van der Waals surface area contributed by atoms with E-state index < -0.39 is 0 Å². The first-order valence-electron chi connectivity index (χ1n) is 6.26. The van der Waals surface area contributed by atoms with E-state index in [-0.39, 0.29) is 5.91 Å². The third-order valence-corrected chi connectivity index (χ3v) is 2.33. The van der Waals surface area contributed by atoms with Crippen LogP contribution in [0.25, 0.3) is 0 Å². The Morgan fingerprint density at radius 2 is 1.76 bits per heavy atom. The van der Waals surface area contributed by atoms with Gasteiger partial charge in [0.2, 0.25) is 5.91 Å². The molecular weight excluding hydrogens is 220 g/mol. The van der Waals surface area contributed by atoms with Gasteiger partial charge in [-0.25, -0.2) is 0 Å². The van der Waals surface area contributed by atoms with Crippen LogP contribution >= 0.6 is 0 Å². The van der Waals surface area contributed by atoms with Gasteiger partial charge in [0, 0.05) is 27.1 Å². The van der Waals surface area contributed by atoms with E-state index in [1.165, 1.54) is 0 Å². The average Bonchev–Trinajstić information content (AvgIpc) is 2.31. The van der Waals surface area contributed by atoms with Gasteiger partial charge in [-0.1, -0.05) is 6.92 Å². The van der Waals surface area contributed by atoms with Gasteiger partial charge in [-0.2, -0.15) is 0 Å². The second kappa shape index (κ2) is 11.8. The Morgan fingerprint density at radius 3 is 2.35 bits per heavy atom. The highest BCUT2D eigenvalue weighted by Gasteiger charge is 2.00. The largest absolute Gasteiger partial charge is 0.378 e. The highest BCUT2D eigenvalue weighted by Crippen LogP contribution is 1.85. The minimum absolute atomic E-state index is 0.0619. The fourth-order valence-electron chi connectivity index (χ4n) is 1.13. The Hall–Kier alpha value is -0.650. The summed E-state index contributed by atoms with van der Waals surface area (Å²) in [5, 5.41) is 3.25. The zero-order chi connectivity index (χ0) is 12.9. The standard InChI is InChI=1S/C12H26N2O3/c1-4-5-13-6-8-16-10-11-17-9-7-14(3)12(2)15/h13H,4-11H2,1-3H3. The number of nitrogens with zero attached hydrogens (tertiary/aromatic N) is 1. The van der Waals surface area contributed by atoms with Gasteiger partial charge < -0.3 is 19.7 Å². The van der Waals surface area contributed by atoms with Gasteiger partial charge in [0.05, 0.1) is 26.4 Å². The molecule has 0 radical (unpaired) electrons. The number of ether oxygens (including phenoxy) is 2. The molecule has 0 aromatic rings. The number of nitrogens with one attached hydrogen (secondary N) is 1. The van der Waals surface area contributed by atoms with Gasteiger partial charge in [0.15, 0.2) is 0 Å². The van der Waals surface area contributed by atoms with Crippen LogP contribution in [-0.2, 0) is 14.3 Å². The zero-order valence-corrected chi connectivity index (χ0v) is 11.3. The summed E-state index contributed by atoms with van der Waals surface area (Å²) >= 11 is 0. The molecule has 0 rings (SSSR count). The highest BCUT2D eigenvalue weighted by molar-refractivity contribution is 5.72. The molecule has 0 aromatic carbocycles. The first kappa shape index (κ1) is 16.4. The normalized spacial score (nSPS) is 10.5. The number of hydrogen-bond donors (Lipinski definition) is 1. The van der Waals surface area contributed by atoms with Crippen molar-refractivity contribution in [2.24, 2.45) is 0 Å². The Balaban J connectivity index is 3.06. The average molecular weight is 246 g/mol. The lowest BCUT2D eigenvalue weighted by atomic mass is 10.5. The van der Waals surface area contributed by atoms with E-state index >= 15 is 0 Å². The van der Waals surface area contributed by atoms with E-state index in [4.69, 9.17) is 9.47 Å². The molecule has 17 heavy (non-hydrogen) atoms. The molecule has 1 N–H and O–H groups in total. The van der Waals surface area contributed by atoms with Crippen LogP contribution in [-0.4, -0.2) is 63.9 Å². The van der Waals surface area contributed by atoms with E-state index in [1.807, 2.05) is 0 Å². The molecule has 0 unspecified atom stereocenters. The maximum absolute atomic E-state index is 10.9. The summed E-state index contributed by atoms with van der Waals surface area (Å²) in [5.41, 5.74) is 0. The monoisotopic (exact) mass is 246 g/mol. The van der Waals surface area contributed by atoms with Crippen LogP contribution < -0.4 is 5.32 Å². The molecule has 0 aliphatic rings. The maximum Gasteiger partial charge on any atom is 0.219 e. The van der Waals surface area contributed by atoms with Gasteiger partial charge in [0.25, 0.3) is 0 Å². The first-order chi connectivity index (χ1) is 8.18. The van der Waals surface area contributed by atoms with Crippen molar-refractivity contribution < 1.29 is 14.3 Å². The fraction of sp³-hybridized carbons (Fsp3) is 0.917. The topological polar surface area (TPSA) is 50.8 Å². The van der Waals surface area contributed by atoms with Crippen molar-refractivity contribution in [2.75, 3.05) is 53.1 Å². The third kappa shape index (κ3) is 11.6. The molecule has 102 valence electrons. The van der Waals surface area contributed by atoms with Crippen molar-refractivity contribution in [3.63, 3.8) is 0 Å². The Labute approximate surface area is 104 Å². The lowest BCUT2D eigenvalue weighted by Gasteiger charge is -2.14. The van der Waals surface area contributed by atoms with Crippen molar-refractivity contribution in [1.29, 1.82) is 0 Å². The van der Waals surface area contributed by atoms with E-state index in [1.54, 1.807) is 18.9 Å². The number of hydrogen-bond acceptors (Lipinski definition) is 4. The van der Waals surface area contributed by atoms with Crippen LogP contribution in [0, 0.1) is 0 Å². The van der Waals surface area contributed by atoms with Crippen LogP contribution in [0.1, 0.15) is 20.3 Å². The Morgan fingerprint density at radius 1 is 1.12 bits per heavy atom. The third-order valence-electron chi connectivity index (χ3n) is 2.33. The SMILES string of the molecule is CCCNCCOCCOCCN(C)C(C)=O. The summed E-state index contributed by atoms with van der Waals surface area (Å²) in [4.78, 5) is 12.5. The van der Waals surface area contributed by atoms with Crippen LogP contribution in [0.15, 0.2) is 0 Å². The number of amides is 1. The predicted octanol–water partition coefficient (Wildman–Crippen LogP) is 0.498. The summed E-state index contributed by atoms with van der Waals surface area (Å²) in [6, 6.07) is 0. The van der Waals surface area contributed by atoms with Crippen LogP contribution in [0.5, 0.6) is 0 Å². The molecule has 0 saturated heterocycles. The van der Waals surface area contributed by atoms with Crippen LogP contribution in [0.4, 0.5) is 0 Å². The lowest BCUT2D eigenvalue weighted by Crippen LogP contribution is -2.28. The zero-order valence-electron chi connectivity index (χ0n) is 11.3. The molecular formula is C12H26N2O3. The minimum Gasteiger partial charge on any atom is -0.378 e. The molecule has 0 aliphatic carbocycles. The molecule has 1 amide bonds. The highest BCUT2D eigenvalue weighted by atomic mass is 16.5. The molecule has 0 bridgehead atoms. The fourth-order valence-corrected chi connectivity index (χ4v) is 1.13. The van der Waals surface area contributed by atoms with Crippen molar-refractivity contribution in [3.05, 3.63) is 0 Å². The molecule has 0 aromatic heterocycles. The molecule has 0 aliphatic heterocycles. The van der Waals surface area contributed by atoms with Crippen molar-refractivity contribution in [1.82, 2.24) is 10.2 Å². The number of carbonyl (C=O) groups excluding carboxylic acids is 1. The summed E-state index contributed by atoms with van der Waals surface area (Å²) < 4.78 is 10.7. The van der Waals surface area contributed by atoms with Crippen molar-refractivity contribution in [3.8, 4) is 0 Å². The van der Waals surface area contributed by atoms with Gasteiger partial charge in [0.1, 0.15) is 0 Å². The predicted molar refractivity (Wildman–Crippen MR) is 68.1 cm³/mol. The summed E-state index contributed by atoms with van der Waals surface area (Å²) in [7, 11) is 1.77. The molecule has 0 saturated carbocycles.